The van der Waals surface area contributed by atoms with Crippen molar-refractivity contribution >= 4 is 16.7 Å². The highest BCUT2D eigenvalue weighted by Gasteiger charge is 2.26. The van der Waals surface area contributed by atoms with Crippen LogP contribution >= 0.6 is 0 Å². The molecule has 0 radical (unpaired) electrons. The van der Waals surface area contributed by atoms with Gasteiger partial charge in [-0.1, -0.05) is 0 Å². The summed E-state index contributed by atoms with van der Waals surface area (Å²) >= 11 is 0. The minimum absolute atomic E-state index is 0.624. The second-order valence-corrected chi connectivity index (χ2v) is 4.82. The van der Waals surface area contributed by atoms with E-state index in [1.807, 2.05) is 12.3 Å². The van der Waals surface area contributed by atoms with Gasteiger partial charge in [-0.15, -0.1) is 0 Å². The highest BCUT2D eigenvalue weighted by molar-refractivity contribution is 5.89. The van der Waals surface area contributed by atoms with Crippen molar-refractivity contribution in [3.05, 3.63) is 18.5 Å². The highest BCUT2D eigenvalue weighted by atomic mass is 15.3. The van der Waals surface area contributed by atoms with E-state index in [2.05, 4.69) is 39.1 Å². The summed E-state index contributed by atoms with van der Waals surface area (Å²) in [5.74, 6) is 1.04. The number of nitrogens with zero attached hydrogens (tertiary/aromatic N) is 4. The molecular weight excluding hydrogens is 214 g/mol. The van der Waals surface area contributed by atoms with Crippen molar-refractivity contribution in [1.82, 2.24) is 20.1 Å². The third-order valence-electron chi connectivity index (χ3n) is 3.54. The number of fused-ring (bicyclic) bond motifs is 1. The molecule has 2 aromatic rings. The third kappa shape index (κ3) is 1.76. The number of likely N-dealkylation sites (N-methyl/N-ethyl adjacent to an activating group) is 1. The Labute approximate surface area is 100 Å². The Balaban J connectivity index is 1.90. The van der Waals surface area contributed by atoms with Crippen molar-refractivity contribution in [3.8, 4) is 0 Å². The molecule has 0 aliphatic carbocycles. The van der Waals surface area contributed by atoms with Gasteiger partial charge in [0, 0.05) is 31.5 Å². The fraction of sp³-hybridized carbons (Fsp3) is 0.500. The van der Waals surface area contributed by atoms with Gasteiger partial charge >= 0.3 is 0 Å². The van der Waals surface area contributed by atoms with Gasteiger partial charge in [0.2, 0.25) is 0 Å². The van der Waals surface area contributed by atoms with Crippen LogP contribution in [0, 0.1) is 0 Å². The first-order valence-corrected chi connectivity index (χ1v) is 5.95. The van der Waals surface area contributed by atoms with Crippen LogP contribution in [0.3, 0.4) is 0 Å². The Morgan fingerprint density at radius 2 is 2.35 bits per heavy atom. The Hall–Kier alpha value is -1.62. The molecule has 17 heavy (non-hydrogen) atoms. The quantitative estimate of drug-likeness (QED) is 0.840. The van der Waals surface area contributed by atoms with Crippen LogP contribution in [0.2, 0.25) is 0 Å². The number of anilines is 1. The van der Waals surface area contributed by atoms with Crippen molar-refractivity contribution in [2.45, 2.75) is 12.5 Å². The SMILES string of the molecule is CN(C)[C@H]1CCN(c2n[nH]c3ccncc23)C1. The number of aromatic amines is 1. The molecule has 3 rings (SSSR count). The minimum atomic E-state index is 0.624. The van der Waals surface area contributed by atoms with E-state index in [0.717, 1.165) is 29.8 Å². The monoisotopic (exact) mass is 231 g/mol. The summed E-state index contributed by atoms with van der Waals surface area (Å²) < 4.78 is 0. The third-order valence-corrected chi connectivity index (χ3v) is 3.54. The summed E-state index contributed by atoms with van der Waals surface area (Å²) in [7, 11) is 4.27. The molecule has 1 N–H and O–H groups in total. The van der Waals surface area contributed by atoms with Crippen molar-refractivity contribution in [2.75, 3.05) is 32.1 Å². The smallest absolute Gasteiger partial charge is 0.159 e. The highest BCUT2D eigenvalue weighted by Crippen LogP contribution is 2.26. The predicted molar refractivity (Wildman–Crippen MR) is 68.2 cm³/mol. The maximum Gasteiger partial charge on any atom is 0.159 e. The normalized spacial score (nSPS) is 20.6. The van der Waals surface area contributed by atoms with Gasteiger partial charge in [-0.2, -0.15) is 5.10 Å². The number of rotatable bonds is 2. The summed E-state index contributed by atoms with van der Waals surface area (Å²) in [6.45, 7) is 2.11. The maximum atomic E-state index is 4.41. The number of H-pyrrole nitrogens is 1. The van der Waals surface area contributed by atoms with Gasteiger partial charge in [0.15, 0.2) is 5.82 Å². The molecule has 1 fully saturated rings. The van der Waals surface area contributed by atoms with Gasteiger partial charge < -0.3 is 9.80 Å². The molecule has 2 aromatic heterocycles. The average molecular weight is 231 g/mol. The lowest BCUT2D eigenvalue weighted by atomic mass is 10.2. The zero-order valence-corrected chi connectivity index (χ0v) is 10.2. The number of hydrogen-bond donors (Lipinski definition) is 1. The van der Waals surface area contributed by atoms with E-state index in [-0.39, 0.29) is 0 Å². The maximum absolute atomic E-state index is 4.41. The summed E-state index contributed by atoms with van der Waals surface area (Å²) in [6.07, 6.45) is 4.87. The molecule has 3 heterocycles. The summed E-state index contributed by atoms with van der Waals surface area (Å²) in [4.78, 5) is 8.80. The molecule has 0 aromatic carbocycles. The van der Waals surface area contributed by atoms with E-state index < -0.39 is 0 Å². The first-order valence-electron chi connectivity index (χ1n) is 5.95. The van der Waals surface area contributed by atoms with Crippen LogP contribution in [0.4, 0.5) is 5.82 Å². The van der Waals surface area contributed by atoms with Gasteiger partial charge in [0.05, 0.1) is 10.9 Å². The number of pyridine rings is 1. The molecule has 1 aliphatic rings. The zero-order chi connectivity index (χ0) is 11.8. The Morgan fingerprint density at radius 1 is 1.47 bits per heavy atom. The van der Waals surface area contributed by atoms with Gasteiger partial charge in [0.1, 0.15) is 0 Å². The van der Waals surface area contributed by atoms with Crippen LogP contribution in [0.15, 0.2) is 18.5 Å². The lowest BCUT2D eigenvalue weighted by molar-refractivity contribution is 0.315. The van der Waals surface area contributed by atoms with Crippen LogP contribution in [0.25, 0.3) is 10.9 Å². The average Bonchev–Trinajstić information content (AvgIpc) is 2.95. The molecule has 0 spiro atoms. The van der Waals surface area contributed by atoms with E-state index in [4.69, 9.17) is 0 Å². The van der Waals surface area contributed by atoms with Crippen LogP contribution in [0.5, 0.6) is 0 Å². The molecule has 0 bridgehead atoms. The van der Waals surface area contributed by atoms with Crippen LogP contribution in [-0.2, 0) is 0 Å². The molecule has 5 nitrogen and oxygen atoms in total. The molecule has 0 unspecified atom stereocenters. The van der Waals surface area contributed by atoms with Gasteiger partial charge in [-0.3, -0.25) is 10.1 Å². The minimum Gasteiger partial charge on any atom is -0.353 e. The molecule has 1 saturated heterocycles. The standard InChI is InChI=1S/C12H17N5/c1-16(2)9-4-6-17(8-9)12-10-7-13-5-3-11(10)14-15-12/h3,5,7,9H,4,6,8H2,1-2H3,(H,14,15)/t9-/m0/s1. The van der Waals surface area contributed by atoms with E-state index in [0.29, 0.717) is 6.04 Å². The lowest BCUT2D eigenvalue weighted by Crippen LogP contribution is -2.31. The summed E-state index contributed by atoms with van der Waals surface area (Å²) in [5, 5.41) is 8.59. The van der Waals surface area contributed by atoms with Crippen LogP contribution in [0.1, 0.15) is 6.42 Å². The Kier molecular flexibility index (Phi) is 2.48. The van der Waals surface area contributed by atoms with Crippen LogP contribution < -0.4 is 4.90 Å². The van der Waals surface area contributed by atoms with Crippen molar-refractivity contribution < 1.29 is 0 Å². The molecule has 0 saturated carbocycles. The molecule has 1 atom stereocenters. The van der Waals surface area contributed by atoms with E-state index in [1.54, 1.807) is 6.20 Å². The van der Waals surface area contributed by atoms with E-state index >= 15 is 0 Å². The first kappa shape index (κ1) is 10.5. The lowest BCUT2D eigenvalue weighted by Gasteiger charge is -2.20. The van der Waals surface area contributed by atoms with E-state index in [1.165, 1.54) is 6.42 Å². The molecular formula is C12H17N5. The van der Waals surface area contributed by atoms with Crippen LogP contribution in [-0.4, -0.2) is 53.3 Å². The second kappa shape index (κ2) is 4.00. The number of hydrogen-bond acceptors (Lipinski definition) is 4. The van der Waals surface area contributed by atoms with Crippen molar-refractivity contribution in [3.63, 3.8) is 0 Å². The Morgan fingerprint density at radius 3 is 3.12 bits per heavy atom. The van der Waals surface area contributed by atoms with Crippen molar-refractivity contribution in [1.29, 1.82) is 0 Å². The molecule has 1 aliphatic heterocycles. The zero-order valence-electron chi connectivity index (χ0n) is 10.2. The van der Waals surface area contributed by atoms with Gasteiger partial charge in [-0.05, 0) is 26.6 Å². The molecule has 0 amide bonds. The fourth-order valence-corrected chi connectivity index (χ4v) is 2.44. The number of nitrogens with one attached hydrogen (secondary N) is 1. The topological polar surface area (TPSA) is 48.0 Å². The molecule has 90 valence electrons. The molecule has 5 heteroatoms. The van der Waals surface area contributed by atoms with Gasteiger partial charge in [-0.25, -0.2) is 0 Å². The largest absolute Gasteiger partial charge is 0.353 e. The summed E-state index contributed by atoms with van der Waals surface area (Å²) in [6, 6.07) is 2.59. The summed E-state index contributed by atoms with van der Waals surface area (Å²) in [5.41, 5.74) is 1.06. The van der Waals surface area contributed by atoms with Crippen molar-refractivity contribution in [2.24, 2.45) is 0 Å². The van der Waals surface area contributed by atoms with Gasteiger partial charge in [0.25, 0.3) is 0 Å². The Bertz CT molecular complexity index is 518. The fourth-order valence-electron chi connectivity index (χ4n) is 2.44. The second-order valence-electron chi connectivity index (χ2n) is 4.82. The number of aromatic nitrogens is 3. The first-order chi connectivity index (χ1) is 8.25. The van der Waals surface area contributed by atoms with E-state index in [9.17, 15) is 0 Å². The predicted octanol–water partition coefficient (Wildman–Crippen LogP) is 1.10.